The lowest BCUT2D eigenvalue weighted by molar-refractivity contribution is -0.142. The fraction of sp³-hybridized carbons (Fsp3) is 0.429. The number of carboxylic acids is 1. The molecule has 1 aliphatic rings. The van der Waals surface area contributed by atoms with E-state index in [2.05, 4.69) is 0 Å². The van der Waals surface area contributed by atoms with Crippen molar-refractivity contribution in [3.63, 3.8) is 0 Å². The third-order valence-corrected chi connectivity index (χ3v) is 3.63. The number of amides is 1. The van der Waals surface area contributed by atoms with Gasteiger partial charge in [-0.15, -0.1) is 0 Å². The van der Waals surface area contributed by atoms with Crippen LogP contribution in [0.3, 0.4) is 0 Å². The number of hydrogen-bond donors (Lipinski definition) is 1. The maximum Gasteiger partial charge on any atom is 0.309 e. The highest BCUT2D eigenvalue weighted by atomic mass is 19.2. The van der Waals surface area contributed by atoms with Crippen molar-refractivity contribution in [3.8, 4) is 0 Å². The van der Waals surface area contributed by atoms with Crippen LogP contribution in [0.15, 0.2) is 12.1 Å². The number of nitrogens with zero attached hydrogens (tertiary/aromatic N) is 1. The normalized spacial score (nSPS) is 21.5. The van der Waals surface area contributed by atoms with E-state index in [1.165, 1.54) is 12.0 Å². The van der Waals surface area contributed by atoms with Crippen molar-refractivity contribution in [2.24, 2.45) is 5.92 Å². The average Bonchev–Trinajstić information content (AvgIpc) is 2.79. The zero-order valence-corrected chi connectivity index (χ0v) is 11.7. The third-order valence-electron chi connectivity index (χ3n) is 3.63. The van der Waals surface area contributed by atoms with Crippen molar-refractivity contribution in [3.05, 3.63) is 35.1 Å². The summed E-state index contributed by atoms with van der Waals surface area (Å²) in [6, 6.07) is 0.374. The van der Waals surface area contributed by atoms with Crippen LogP contribution in [0.25, 0.3) is 0 Å². The summed E-state index contributed by atoms with van der Waals surface area (Å²) in [7, 11) is 1.40. The predicted octanol–water partition coefficient (Wildman–Crippen LogP) is 1.72. The molecule has 0 unspecified atom stereocenters. The van der Waals surface area contributed by atoms with Gasteiger partial charge < -0.3 is 14.7 Å². The van der Waals surface area contributed by atoms with Crippen LogP contribution in [-0.2, 0) is 14.3 Å². The molecule has 1 aromatic rings. The van der Waals surface area contributed by atoms with E-state index in [1.807, 2.05) is 0 Å². The lowest BCUT2D eigenvalue weighted by Crippen LogP contribution is -2.33. The van der Waals surface area contributed by atoms with Crippen LogP contribution >= 0.6 is 0 Å². The smallest absolute Gasteiger partial charge is 0.309 e. The lowest BCUT2D eigenvalue weighted by Gasteiger charge is -2.27. The zero-order valence-electron chi connectivity index (χ0n) is 11.7. The molecule has 1 amide bonds. The molecule has 0 saturated carbocycles. The van der Waals surface area contributed by atoms with Crippen LogP contribution in [-0.4, -0.2) is 42.1 Å². The molecular weight excluding hydrogens is 303 g/mol. The van der Waals surface area contributed by atoms with Gasteiger partial charge in [0, 0.05) is 20.1 Å². The molecule has 0 spiro atoms. The van der Waals surface area contributed by atoms with Gasteiger partial charge in [0.2, 0.25) is 5.91 Å². The predicted molar refractivity (Wildman–Crippen MR) is 68.4 cm³/mol. The molecule has 1 fully saturated rings. The van der Waals surface area contributed by atoms with E-state index >= 15 is 0 Å². The van der Waals surface area contributed by atoms with E-state index in [0.717, 1.165) is 12.1 Å². The Bertz CT molecular complexity index is 585. The van der Waals surface area contributed by atoms with Gasteiger partial charge >= 0.3 is 5.97 Å². The van der Waals surface area contributed by atoms with Crippen LogP contribution in [0.4, 0.5) is 13.2 Å². The summed E-state index contributed by atoms with van der Waals surface area (Å²) in [4.78, 5) is 24.5. The average molecular weight is 317 g/mol. The monoisotopic (exact) mass is 317 g/mol. The molecule has 0 bridgehead atoms. The van der Waals surface area contributed by atoms with Crippen LogP contribution in [0.1, 0.15) is 18.0 Å². The zero-order chi connectivity index (χ0) is 16.4. The number of likely N-dealkylation sites (tertiary alicyclic amines) is 1. The summed E-state index contributed by atoms with van der Waals surface area (Å²) >= 11 is 0. The Kier molecular flexibility index (Phi) is 4.70. The molecule has 1 saturated heterocycles. The van der Waals surface area contributed by atoms with Gasteiger partial charge in [0.15, 0.2) is 17.5 Å². The number of carbonyl (C=O) groups is 2. The van der Waals surface area contributed by atoms with Gasteiger partial charge in [-0.3, -0.25) is 9.59 Å². The first-order valence-electron chi connectivity index (χ1n) is 6.52. The van der Waals surface area contributed by atoms with E-state index in [4.69, 9.17) is 4.74 Å². The minimum atomic E-state index is -1.64. The van der Waals surface area contributed by atoms with E-state index in [0.29, 0.717) is 0 Å². The number of methoxy groups -OCH3 is 1. The van der Waals surface area contributed by atoms with Crippen LogP contribution in [0, 0.1) is 23.4 Å². The second-order valence-electron chi connectivity index (χ2n) is 4.97. The first kappa shape index (κ1) is 16.3. The van der Waals surface area contributed by atoms with E-state index in [9.17, 15) is 27.9 Å². The van der Waals surface area contributed by atoms with Gasteiger partial charge in [0.1, 0.15) is 0 Å². The van der Waals surface area contributed by atoms with Crippen LogP contribution in [0.5, 0.6) is 0 Å². The minimum Gasteiger partial charge on any atom is -0.481 e. The second-order valence-corrected chi connectivity index (χ2v) is 4.97. The highest BCUT2D eigenvalue weighted by Crippen LogP contribution is 2.38. The molecule has 2 atom stereocenters. The van der Waals surface area contributed by atoms with Gasteiger partial charge in [-0.1, -0.05) is 0 Å². The van der Waals surface area contributed by atoms with E-state index < -0.39 is 41.3 Å². The van der Waals surface area contributed by atoms with Gasteiger partial charge in [-0.25, -0.2) is 13.2 Å². The summed E-state index contributed by atoms with van der Waals surface area (Å²) < 4.78 is 44.7. The van der Waals surface area contributed by atoms with Crippen LogP contribution in [0.2, 0.25) is 0 Å². The Morgan fingerprint density at radius 3 is 2.45 bits per heavy atom. The summed E-state index contributed by atoms with van der Waals surface area (Å²) in [5.41, 5.74) is -0.0919. The number of rotatable bonds is 5. The summed E-state index contributed by atoms with van der Waals surface area (Å²) in [6.07, 6.45) is -0.287. The summed E-state index contributed by atoms with van der Waals surface area (Å²) in [5.74, 6) is -7.37. The number of ether oxygens (including phenoxy) is 1. The topological polar surface area (TPSA) is 66.8 Å². The van der Waals surface area contributed by atoms with Crippen molar-refractivity contribution in [1.82, 2.24) is 4.90 Å². The highest BCUT2D eigenvalue weighted by Gasteiger charge is 2.44. The first-order chi connectivity index (χ1) is 10.4. The van der Waals surface area contributed by atoms with Gasteiger partial charge in [0.05, 0.1) is 18.6 Å². The van der Waals surface area contributed by atoms with Crippen molar-refractivity contribution >= 4 is 11.9 Å². The molecule has 1 N–H and O–H groups in total. The van der Waals surface area contributed by atoms with E-state index in [-0.39, 0.29) is 25.1 Å². The Balaban J connectivity index is 2.45. The number of halogens is 3. The molecule has 0 aromatic heterocycles. The second kappa shape index (κ2) is 6.35. The number of aliphatic carboxylic acids is 1. The number of carbonyl (C=O) groups excluding carboxylic acids is 1. The molecule has 22 heavy (non-hydrogen) atoms. The molecule has 2 rings (SSSR count). The molecule has 8 heteroatoms. The maximum atomic E-state index is 13.4. The third kappa shape index (κ3) is 2.92. The van der Waals surface area contributed by atoms with Gasteiger partial charge in [0.25, 0.3) is 0 Å². The van der Waals surface area contributed by atoms with Crippen molar-refractivity contribution in [2.45, 2.75) is 12.5 Å². The lowest BCUT2D eigenvalue weighted by atomic mass is 9.93. The summed E-state index contributed by atoms with van der Waals surface area (Å²) in [6.45, 7) is 0.213. The fourth-order valence-corrected chi connectivity index (χ4v) is 2.62. The van der Waals surface area contributed by atoms with Gasteiger partial charge in [-0.05, 0) is 17.7 Å². The molecule has 5 nitrogen and oxygen atoms in total. The highest BCUT2D eigenvalue weighted by molar-refractivity contribution is 5.87. The summed E-state index contributed by atoms with van der Waals surface area (Å²) in [5, 5.41) is 9.23. The Hall–Kier alpha value is -2.09. The minimum absolute atomic E-state index is 0.0738. The largest absolute Gasteiger partial charge is 0.481 e. The molecular formula is C14H14F3NO4. The van der Waals surface area contributed by atoms with Crippen molar-refractivity contribution in [2.75, 3.05) is 20.3 Å². The SMILES string of the molecule is COCCN1C(=O)C[C@H](C(=O)O)[C@@H]1c1cc(F)c(F)c(F)c1. The standard InChI is InChI=1S/C14H14F3NO4/c1-22-3-2-18-11(19)6-8(14(20)21)13(18)7-4-9(15)12(17)10(16)5-7/h4-5,8,13H,2-3,6H2,1H3,(H,20,21)/t8-,13-/m0/s1. The Morgan fingerprint density at radius 1 is 1.36 bits per heavy atom. The fourth-order valence-electron chi connectivity index (χ4n) is 2.62. The first-order valence-corrected chi connectivity index (χ1v) is 6.52. The molecule has 0 aliphatic carbocycles. The molecule has 1 aromatic carbocycles. The molecule has 120 valence electrons. The quantitative estimate of drug-likeness (QED) is 0.840. The van der Waals surface area contributed by atoms with E-state index in [1.54, 1.807) is 0 Å². The molecule has 1 aliphatic heterocycles. The Labute approximate surface area is 124 Å². The van der Waals surface area contributed by atoms with Crippen LogP contribution < -0.4 is 0 Å². The van der Waals surface area contributed by atoms with Crippen molar-refractivity contribution < 1.29 is 32.6 Å². The van der Waals surface area contributed by atoms with Crippen molar-refractivity contribution in [1.29, 1.82) is 0 Å². The maximum absolute atomic E-state index is 13.4. The number of carboxylic acid groups (broad SMARTS) is 1. The molecule has 0 radical (unpaired) electrons. The Morgan fingerprint density at radius 2 is 1.95 bits per heavy atom. The van der Waals surface area contributed by atoms with Gasteiger partial charge in [-0.2, -0.15) is 0 Å². The number of hydrogen-bond acceptors (Lipinski definition) is 3. The molecule has 1 heterocycles. The number of benzene rings is 1.